The third-order valence-electron chi connectivity index (χ3n) is 4.41. The minimum atomic E-state index is -0.285. The third kappa shape index (κ3) is 41.1. The van der Waals surface area contributed by atoms with Crippen LogP contribution in [0, 0.1) is 0 Å². The fourth-order valence-electron chi connectivity index (χ4n) is 1.81. The molecule has 8 N–H and O–H groups in total. The number of aliphatic hydroxyl groups excluding tert-OH is 1. The van der Waals surface area contributed by atoms with E-state index in [1.54, 1.807) is 87.3 Å². The Bertz CT molecular complexity index is 744. The van der Waals surface area contributed by atoms with E-state index in [9.17, 15) is 28.8 Å². The molecule has 0 fully saturated rings. The Morgan fingerprint density at radius 2 is 0.761 bits per heavy atom. The van der Waals surface area contributed by atoms with Crippen molar-refractivity contribution in [3.05, 3.63) is 0 Å². The molecule has 0 aliphatic heterocycles. The summed E-state index contributed by atoms with van der Waals surface area (Å²) in [5, 5.41) is 25.0. The average molecular weight is 673 g/mol. The molecule has 46 heavy (non-hydrogen) atoms. The smallest absolute Gasteiger partial charge is 0.319 e. The minimum absolute atomic E-state index is 0.0532. The number of carbonyl (C=O) groups is 8. The number of hydrogen-bond donors (Lipinski definition) is 8. The van der Waals surface area contributed by atoms with Gasteiger partial charge in [0.15, 0.2) is 0 Å². The van der Waals surface area contributed by atoms with E-state index in [2.05, 4.69) is 37.2 Å². The van der Waals surface area contributed by atoms with Gasteiger partial charge in [0.2, 0.25) is 0 Å². The topological polar surface area (TPSA) is 257 Å². The largest absolute Gasteiger partial charge is 0.376 e. The zero-order chi connectivity index (χ0) is 38.4. The first-order valence-corrected chi connectivity index (χ1v) is 13.1. The lowest BCUT2D eigenvalue weighted by Gasteiger charge is -2.23. The van der Waals surface area contributed by atoms with Crippen molar-refractivity contribution in [3.63, 3.8) is 0 Å². The Morgan fingerprint density at radius 1 is 0.500 bits per heavy atom. The van der Waals surface area contributed by atoms with Crippen LogP contribution >= 0.6 is 0 Å². The molecule has 0 atom stereocenters. The van der Waals surface area contributed by atoms with Crippen molar-refractivity contribution in [3.8, 4) is 0 Å². The standard InChI is InChI=1S/C7H16N4O2.C6H14N2O.C4H10N2O2.2C3H8N2O.2CH2O/c1-8-6(12)10(3)5-11(4)7(13)9-2;1-5-8(4)6(9)7(2)3;1-5-4(8)6(2)3-7;2*1-4-3(6)5-2;2*1-2/h5H2,1-4H3,(H,8,12)(H,9,13);5H2,1-4H3;7H,3H2,1-2H3,(H,5,8);2*1-2H3,(H2,4,5,6);2*1H2. The Balaban J connectivity index is -0.0000000826. The van der Waals surface area contributed by atoms with Gasteiger partial charge in [-0.1, -0.05) is 0 Å². The van der Waals surface area contributed by atoms with Crippen LogP contribution in [-0.2, 0) is 9.59 Å². The summed E-state index contributed by atoms with van der Waals surface area (Å²) in [5.41, 5.74) is 0. The van der Waals surface area contributed by atoms with Crippen molar-refractivity contribution in [2.45, 2.75) is 6.92 Å². The molecule has 21 heteroatoms. The van der Waals surface area contributed by atoms with Crippen LogP contribution in [0.4, 0.5) is 28.8 Å². The Labute approximate surface area is 273 Å². The second-order valence-corrected chi connectivity index (χ2v) is 7.89. The van der Waals surface area contributed by atoms with Gasteiger partial charge in [-0.3, -0.25) is 0 Å². The summed E-state index contributed by atoms with van der Waals surface area (Å²) >= 11 is 0. The first kappa shape index (κ1) is 56.7. The maximum atomic E-state index is 11.0. The van der Waals surface area contributed by atoms with E-state index in [0.717, 1.165) is 11.4 Å². The molecule has 12 amide bonds. The minimum Gasteiger partial charge on any atom is -0.376 e. The molecule has 0 unspecified atom stereocenters. The number of nitrogens with one attached hydrogen (secondary N) is 7. The van der Waals surface area contributed by atoms with Crippen LogP contribution in [0.2, 0.25) is 0 Å². The maximum Gasteiger partial charge on any atom is 0.319 e. The lowest BCUT2D eigenvalue weighted by atomic mass is 10.6. The summed E-state index contributed by atoms with van der Waals surface area (Å²) in [6, 6.07) is -0.999. The van der Waals surface area contributed by atoms with E-state index < -0.39 is 0 Å². The number of rotatable bonds is 4. The van der Waals surface area contributed by atoms with Crippen LogP contribution in [0.3, 0.4) is 0 Å². The summed E-state index contributed by atoms with van der Waals surface area (Å²) in [6.07, 6.45) is 0. The predicted octanol–water partition coefficient (Wildman–Crippen LogP) is -1.97. The lowest BCUT2D eigenvalue weighted by Crippen LogP contribution is -2.46. The molecule has 0 saturated carbocycles. The molecule has 21 nitrogen and oxygen atoms in total. The van der Waals surface area contributed by atoms with E-state index in [-0.39, 0.29) is 49.6 Å². The van der Waals surface area contributed by atoms with Crippen LogP contribution in [0.1, 0.15) is 6.92 Å². The molecule has 0 saturated heterocycles. The van der Waals surface area contributed by atoms with E-state index in [1.807, 2.05) is 20.5 Å². The highest BCUT2D eigenvalue weighted by atomic mass is 16.3. The van der Waals surface area contributed by atoms with Crippen LogP contribution in [-0.4, -0.2) is 191 Å². The Kier molecular flexibility index (Phi) is 51.8. The van der Waals surface area contributed by atoms with Crippen LogP contribution in [0.25, 0.3) is 0 Å². The highest BCUT2D eigenvalue weighted by Gasteiger charge is 2.11. The van der Waals surface area contributed by atoms with Gasteiger partial charge in [0, 0.05) is 98.2 Å². The van der Waals surface area contributed by atoms with Gasteiger partial charge >= 0.3 is 36.2 Å². The van der Waals surface area contributed by atoms with Crippen LogP contribution in [0.15, 0.2) is 0 Å². The highest BCUT2D eigenvalue weighted by Crippen LogP contribution is 1.89. The van der Waals surface area contributed by atoms with Crippen molar-refractivity contribution in [2.24, 2.45) is 0 Å². The first-order chi connectivity index (χ1) is 21.4. The van der Waals surface area contributed by atoms with Gasteiger partial charge in [0.1, 0.15) is 20.3 Å². The molecule has 0 aliphatic carbocycles. The van der Waals surface area contributed by atoms with Gasteiger partial charge in [-0.2, -0.15) is 0 Å². The van der Waals surface area contributed by atoms with Crippen LogP contribution < -0.4 is 37.2 Å². The summed E-state index contributed by atoms with van der Waals surface area (Å²) in [7, 11) is 20.8. The second kappa shape index (κ2) is 42.1. The fourth-order valence-corrected chi connectivity index (χ4v) is 1.81. The zero-order valence-corrected chi connectivity index (χ0v) is 30.0. The summed E-state index contributed by atoms with van der Waals surface area (Å²) < 4.78 is 0. The number of nitrogens with zero attached hydrogens (tertiary/aromatic N) is 5. The van der Waals surface area contributed by atoms with Gasteiger partial charge in [-0.25, -0.2) is 28.8 Å². The quantitative estimate of drug-likeness (QED) is 0.154. The molecule has 0 rings (SSSR count). The first-order valence-electron chi connectivity index (χ1n) is 13.1. The molecule has 0 bridgehead atoms. The second-order valence-electron chi connectivity index (χ2n) is 7.89. The number of aliphatic hydroxyl groups is 1. The number of hydrogen-bond acceptors (Lipinski definition) is 9. The average Bonchev–Trinajstić information content (AvgIpc) is 3.10. The van der Waals surface area contributed by atoms with Gasteiger partial charge in [0.05, 0.1) is 6.67 Å². The van der Waals surface area contributed by atoms with Crippen LogP contribution in [0.5, 0.6) is 0 Å². The Hall–Kier alpha value is -5.08. The zero-order valence-electron chi connectivity index (χ0n) is 30.0. The summed E-state index contributed by atoms with van der Waals surface area (Å²) in [4.78, 5) is 86.4. The number of urea groups is 6. The number of carbonyl (C=O) groups excluding carboxylic acids is 8. The van der Waals surface area contributed by atoms with Crippen molar-refractivity contribution in [1.82, 2.24) is 61.7 Å². The molecule has 0 aliphatic rings. The molecule has 0 aromatic rings. The van der Waals surface area contributed by atoms with E-state index in [4.69, 9.17) is 14.7 Å². The van der Waals surface area contributed by atoms with Gasteiger partial charge in [-0.05, 0) is 6.92 Å². The van der Waals surface area contributed by atoms with Gasteiger partial charge < -0.3 is 76.4 Å². The predicted molar refractivity (Wildman–Crippen MR) is 177 cm³/mol. The molecular formula is C25H60N12O9. The monoisotopic (exact) mass is 672 g/mol. The molecule has 0 radical (unpaired) electrons. The SMILES string of the molecule is C=O.C=O.CCN(C)C(=O)N(C)C.CNC(=O)N(C)CN(C)C(=O)NC.CNC(=O)N(C)CO.CNC(=O)NC.CNC(=O)NC. The van der Waals surface area contributed by atoms with E-state index in [0.29, 0.717) is 0 Å². The maximum absolute atomic E-state index is 11.0. The van der Waals surface area contributed by atoms with Gasteiger partial charge in [0.25, 0.3) is 0 Å². The molecule has 0 aromatic carbocycles. The molecular weight excluding hydrogens is 612 g/mol. The van der Waals surface area contributed by atoms with E-state index in [1.165, 1.54) is 23.9 Å². The van der Waals surface area contributed by atoms with Gasteiger partial charge in [-0.15, -0.1) is 0 Å². The number of amides is 12. The Morgan fingerprint density at radius 3 is 0.870 bits per heavy atom. The molecule has 0 spiro atoms. The van der Waals surface area contributed by atoms with Crippen molar-refractivity contribution >= 4 is 49.8 Å². The van der Waals surface area contributed by atoms with Crippen molar-refractivity contribution in [1.29, 1.82) is 0 Å². The normalized spacial score (nSPS) is 7.72. The molecule has 0 aromatic heterocycles. The van der Waals surface area contributed by atoms with E-state index >= 15 is 0 Å². The highest BCUT2D eigenvalue weighted by molar-refractivity contribution is 5.76. The lowest BCUT2D eigenvalue weighted by molar-refractivity contribution is -0.0987. The third-order valence-corrected chi connectivity index (χ3v) is 4.41. The van der Waals surface area contributed by atoms with Crippen molar-refractivity contribution in [2.75, 3.05) is 112 Å². The fraction of sp³-hybridized carbons (Fsp3) is 0.680. The summed E-state index contributed by atoms with van der Waals surface area (Å²) in [5.74, 6) is 0. The molecule has 274 valence electrons. The van der Waals surface area contributed by atoms with Crippen molar-refractivity contribution < 1.29 is 43.5 Å². The summed E-state index contributed by atoms with van der Waals surface area (Å²) in [6.45, 7) is 6.71. The molecule has 0 heterocycles.